The first-order valence-corrected chi connectivity index (χ1v) is 8.16. The van der Waals surface area contributed by atoms with E-state index in [4.69, 9.17) is 21.1 Å². The summed E-state index contributed by atoms with van der Waals surface area (Å²) in [5.74, 6) is -0.335. The third-order valence-electron chi connectivity index (χ3n) is 4.19. The van der Waals surface area contributed by atoms with Crippen LogP contribution in [0, 0.1) is 5.82 Å². The van der Waals surface area contributed by atoms with Gasteiger partial charge in [-0.1, -0.05) is 17.7 Å². The highest BCUT2D eigenvalue weighted by Gasteiger charge is 2.31. The number of hydrogen-bond donors (Lipinski definition) is 0. The molecule has 1 aromatic carbocycles. The lowest BCUT2D eigenvalue weighted by molar-refractivity contribution is -0.153. The van der Waals surface area contributed by atoms with Crippen LogP contribution in [0.2, 0.25) is 5.02 Å². The molecule has 7 heteroatoms. The topological polar surface area (TPSA) is 42.0 Å². The van der Waals surface area contributed by atoms with Crippen molar-refractivity contribution in [2.24, 2.45) is 0 Å². The number of carbonyl (C=O) groups excluding carboxylic acids is 1. The van der Waals surface area contributed by atoms with Gasteiger partial charge in [-0.05, 0) is 12.1 Å². The van der Waals surface area contributed by atoms with Crippen LogP contribution in [-0.4, -0.2) is 67.8 Å². The van der Waals surface area contributed by atoms with E-state index in [1.165, 1.54) is 6.07 Å². The molecule has 0 aromatic heterocycles. The highest BCUT2D eigenvalue weighted by atomic mass is 35.5. The van der Waals surface area contributed by atoms with Crippen molar-refractivity contribution in [3.63, 3.8) is 0 Å². The number of nitrogens with zero attached hydrogens (tertiary/aromatic N) is 2. The normalized spacial score (nSPS) is 23.0. The van der Waals surface area contributed by atoms with Crippen molar-refractivity contribution in [1.82, 2.24) is 9.80 Å². The van der Waals surface area contributed by atoms with Crippen LogP contribution in [-0.2, 0) is 20.8 Å². The first-order valence-electron chi connectivity index (χ1n) is 7.78. The molecule has 3 rings (SSSR count). The Balaban J connectivity index is 1.63. The summed E-state index contributed by atoms with van der Waals surface area (Å²) in [6.45, 7) is 4.24. The van der Waals surface area contributed by atoms with Gasteiger partial charge in [0.1, 0.15) is 11.9 Å². The Morgan fingerprint density at radius 1 is 1.26 bits per heavy atom. The Morgan fingerprint density at radius 3 is 2.78 bits per heavy atom. The maximum Gasteiger partial charge on any atom is 0.253 e. The van der Waals surface area contributed by atoms with Crippen LogP contribution in [0.25, 0.3) is 0 Å². The fraction of sp³-hybridized carbons (Fsp3) is 0.562. The zero-order valence-corrected chi connectivity index (χ0v) is 13.6. The van der Waals surface area contributed by atoms with Gasteiger partial charge in [-0.2, -0.15) is 0 Å². The quantitative estimate of drug-likeness (QED) is 0.835. The summed E-state index contributed by atoms with van der Waals surface area (Å²) in [6.07, 6.45) is -0.507. The fourth-order valence-electron chi connectivity index (χ4n) is 2.89. The predicted molar refractivity (Wildman–Crippen MR) is 83.8 cm³/mol. The van der Waals surface area contributed by atoms with E-state index < -0.39 is 6.10 Å². The summed E-state index contributed by atoms with van der Waals surface area (Å²) in [4.78, 5) is 16.3. The van der Waals surface area contributed by atoms with E-state index in [0.29, 0.717) is 63.1 Å². The molecule has 2 heterocycles. The zero-order chi connectivity index (χ0) is 16.2. The van der Waals surface area contributed by atoms with Crippen LogP contribution in [0.4, 0.5) is 4.39 Å². The SMILES string of the molecule is O=C(C1CN(Cc2c(F)cccc2Cl)CCO1)N1CCOCC1. The van der Waals surface area contributed by atoms with E-state index in [2.05, 4.69) is 0 Å². The van der Waals surface area contributed by atoms with Crippen molar-refractivity contribution in [3.8, 4) is 0 Å². The van der Waals surface area contributed by atoms with Crippen LogP contribution >= 0.6 is 11.6 Å². The lowest BCUT2D eigenvalue weighted by Crippen LogP contribution is -2.53. The minimum atomic E-state index is -0.507. The summed E-state index contributed by atoms with van der Waals surface area (Å²) < 4.78 is 24.8. The van der Waals surface area contributed by atoms with E-state index >= 15 is 0 Å². The summed E-state index contributed by atoms with van der Waals surface area (Å²) in [6, 6.07) is 4.67. The van der Waals surface area contributed by atoms with Crippen molar-refractivity contribution >= 4 is 17.5 Å². The minimum Gasteiger partial charge on any atom is -0.378 e. The number of carbonyl (C=O) groups is 1. The van der Waals surface area contributed by atoms with Gasteiger partial charge < -0.3 is 14.4 Å². The molecule has 1 unspecified atom stereocenters. The van der Waals surface area contributed by atoms with Gasteiger partial charge in [-0.15, -0.1) is 0 Å². The van der Waals surface area contributed by atoms with Crippen LogP contribution in [0.15, 0.2) is 18.2 Å². The predicted octanol–water partition coefficient (Wildman–Crippen LogP) is 1.54. The maximum atomic E-state index is 13.9. The monoisotopic (exact) mass is 342 g/mol. The Kier molecular flexibility index (Phi) is 5.48. The Morgan fingerprint density at radius 2 is 2.04 bits per heavy atom. The van der Waals surface area contributed by atoms with Gasteiger partial charge in [0.2, 0.25) is 0 Å². The van der Waals surface area contributed by atoms with Crippen LogP contribution in [0.1, 0.15) is 5.56 Å². The van der Waals surface area contributed by atoms with E-state index in [1.54, 1.807) is 17.0 Å². The lowest BCUT2D eigenvalue weighted by atomic mass is 10.1. The molecule has 2 aliphatic rings. The standard InChI is InChI=1S/C16H20ClFN2O3/c17-13-2-1-3-14(18)12(13)10-19-4-9-23-15(11-19)16(21)20-5-7-22-8-6-20/h1-3,15H,4-11H2. The lowest BCUT2D eigenvalue weighted by Gasteiger charge is -2.36. The zero-order valence-electron chi connectivity index (χ0n) is 12.8. The average molecular weight is 343 g/mol. The minimum absolute atomic E-state index is 0.0161. The van der Waals surface area contributed by atoms with E-state index in [9.17, 15) is 9.18 Å². The molecule has 23 heavy (non-hydrogen) atoms. The molecule has 0 radical (unpaired) electrons. The highest BCUT2D eigenvalue weighted by Crippen LogP contribution is 2.22. The number of rotatable bonds is 3. The molecule has 1 atom stereocenters. The van der Waals surface area contributed by atoms with Gasteiger partial charge >= 0.3 is 0 Å². The molecule has 0 N–H and O–H groups in total. The van der Waals surface area contributed by atoms with Crippen molar-refractivity contribution in [1.29, 1.82) is 0 Å². The molecule has 0 saturated carbocycles. The molecular weight excluding hydrogens is 323 g/mol. The van der Waals surface area contributed by atoms with E-state index in [-0.39, 0.29) is 11.7 Å². The molecule has 0 aliphatic carbocycles. The smallest absolute Gasteiger partial charge is 0.253 e. The second kappa shape index (κ2) is 7.57. The Bertz CT molecular complexity index is 546. The molecule has 126 valence electrons. The second-order valence-corrected chi connectivity index (χ2v) is 6.14. The van der Waals surface area contributed by atoms with Gasteiger partial charge in [0.15, 0.2) is 0 Å². The fourth-order valence-corrected chi connectivity index (χ4v) is 3.11. The molecule has 0 spiro atoms. The van der Waals surface area contributed by atoms with Crippen molar-refractivity contribution in [2.75, 3.05) is 46.0 Å². The number of benzene rings is 1. The maximum absolute atomic E-state index is 13.9. The van der Waals surface area contributed by atoms with Gasteiger partial charge in [0.25, 0.3) is 5.91 Å². The molecular formula is C16H20ClFN2O3. The van der Waals surface area contributed by atoms with Crippen LogP contribution in [0.3, 0.4) is 0 Å². The molecule has 0 bridgehead atoms. The summed E-state index contributed by atoms with van der Waals surface area (Å²) in [5.41, 5.74) is 0.466. The Labute approximate surface area is 139 Å². The highest BCUT2D eigenvalue weighted by molar-refractivity contribution is 6.31. The molecule has 2 saturated heterocycles. The van der Waals surface area contributed by atoms with Crippen LogP contribution in [0.5, 0.6) is 0 Å². The number of halogens is 2. The first-order chi connectivity index (χ1) is 11.1. The molecule has 2 aliphatic heterocycles. The first kappa shape index (κ1) is 16.6. The molecule has 1 aromatic rings. The van der Waals surface area contributed by atoms with Gasteiger partial charge in [0.05, 0.1) is 19.8 Å². The summed E-state index contributed by atoms with van der Waals surface area (Å²) in [5, 5.41) is 0.410. The van der Waals surface area contributed by atoms with Gasteiger partial charge in [-0.3, -0.25) is 9.69 Å². The second-order valence-electron chi connectivity index (χ2n) is 5.73. The van der Waals surface area contributed by atoms with E-state index in [1.807, 2.05) is 4.90 Å². The van der Waals surface area contributed by atoms with Gasteiger partial charge in [-0.25, -0.2) is 4.39 Å². The molecule has 1 amide bonds. The van der Waals surface area contributed by atoms with Crippen LogP contribution < -0.4 is 0 Å². The summed E-state index contributed by atoms with van der Waals surface area (Å²) in [7, 11) is 0. The van der Waals surface area contributed by atoms with Crippen molar-refractivity contribution in [3.05, 3.63) is 34.6 Å². The number of morpholine rings is 2. The third-order valence-corrected chi connectivity index (χ3v) is 4.55. The van der Waals surface area contributed by atoms with Crippen molar-refractivity contribution < 1.29 is 18.7 Å². The average Bonchev–Trinajstić information content (AvgIpc) is 2.59. The van der Waals surface area contributed by atoms with E-state index in [0.717, 1.165) is 0 Å². The molecule has 2 fully saturated rings. The van der Waals surface area contributed by atoms with Gasteiger partial charge in [0, 0.05) is 43.3 Å². The summed E-state index contributed by atoms with van der Waals surface area (Å²) >= 11 is 6.08. The van der Waals surface area contributed by atoms with Crippen molar-refractivity contribution in [2.45, 2.75) is 12.6 Å². The third kappa shape index (κ3) is 4.01. The Hall–Kier alpha value is -1.21. The largest absolute Gasteiger partial charge is 0.378 e. The molecule has 5 nitrogen and oxygen atoms in total. The number of amides is 1. The number of hydrogen-bond acceptors (Lipinski definition) is 4. The number of ether oxygens (including phenoxy) is 2.